The van der Waals surface area contributed by atoms with Crippen molar-refractivity contribution >= 4 is 29.3 Å². The van der Waals surface area contributed by atoms with Crippen LogP contribution < -0.4 is 20.3 Å². The molecular formula is C14H17ClN6O2. The Kier molecular flexibility index (Phi) is 5.53. The SMILES string of the molecule is COc1nc(CNC(=O)Nc2cccc(Cl)c2)nc(N(C)C)n1. The summed E-state index contributed by atoms with van der Waals surface area (Å²) in [6.07, 6.45) is 0. The zero-order chi connectivity index (χ0) is 16.8. The molecule has 23 heavy (non-hydrogen) atoms. The van der Waals surface area contributed by atoms with Gasteiger partial charge in [-0.15, -0.1) is 0 Å². The maximum Gasteiger partial charge on any atom is 0.321 e. The van der Waals surface area contributed by atoms with Crippen LogP contribution >= 0.6 is 11.6 Å². The third-order valence-electron chi connectivity index (χ3n) is 2.72. The van der Waals surface area contributed by atoms with Gasteiger partial charge in [0.1, 0.15) is 0 Å². The van der Waals surface area contributed by atoms with Gasteiger partial charge in [0.25, 0.3) is 0 Å². The van der Waals surface area contributed by atoms with Crippen molar-refractivity contribution < 1.29 is 9.53 Å². The first-order chi connectivity index (χ1) is 11.0. The number of halogens is 1. The first-order valence-electron chi connectivity index (χ1n) is 6.74. The molecule has 0 spiro atoms. The molecule has 0 unspecified atom stereocenters. The second-order valence-electron chi connectivity index (χ2n) is 4.75. The molecule has 0 aliphatic rings. The Morgan fingerprint density at radius 1 is 1.30 bits per heavy atom. The quantitative estimate of drug-likeness (QED) is 0.866. The summed E-state index contributed by atoms with van der Waals surface area (Å²) in [4.78, 5) is 26.0. The fourth-order valence-electron chi connectivity index (χ4n) is 1.66. The van der Waals surface area contributed by atoms with Gasteiger partial charge in [0.05, 0.1) is 13.7 Å². The zero-order valence-corrected chi connectivity index (χ0v) is 13.8. The molecule has 0 saturated heterocycles. The first-order valence-corrected chi connectivity index (χ1v) is 7.12. The molecule has 1 heterocycles. The summed E-state index contributed by atoms with van der Waals surface area (Å²) < 4.78 is 5.03. The van der Waals surface area contributed by atoms with E-state index in [0.717, 1.165) is 0 Å². The number of methoxy groups -OCH3 is 1. The van der Waals surface area contributed by atoms with Crippen molar-refractivity contribution in [3.05, 3.63) is 35.1 Å². The highest BCUT2D eigenvalue weighted by Gasteiger charge is 2.10. The van der Waals surface area contributed by atoms with Crippen LogP contribution in [0.2, 0.25) is 5.02 Å². The van der Waals surface area contributed by atoms with Crippen molar-refractivity contribution in [1.29, 1.82) is 0 Å². The smallest absolute Gasteiger partial charge is 0.321 e. The van der Waals surface area contributed by atoms with Crippen LogP contribution in [0.25, 0.3) is 0 Å². The molecular weight excluding hydrogens is 320 g/mol. The molecule has 0 aliphatic carbocycles. The molecule has 8 nitrogen and oxygen atoms in total. The van der Waals surface area contributed by atoms with Gasteiger partial charge in [-0.3, -0.25) is 0 Å². The van der Waals surface area contributed by atoms with Gasteiger partial charge in [0.2, 0.25) is 5.95 Å². The second kappa shape index (κ2) is 7.59. The van der Waals surface area contributed by atoms with Gasteiger partial charge in [-0.2, -0.15) is 15.0 Å². The lowest BCUT2D eigenvalue weighted by Crippen LogP contribution is -2.29. The van der Waals surface area contributed by atoms with Crippen LogP contribution in [-0.4, -0.2) is 42.2 Å². The average Bonchev–Trinajstić information content (AvgIpc) is 2.52. The number of nitrogens with zero attached hydrogens (tertiary/aromatic N) is 4. The van der Waals surface area contributed by atoms with Gasteiger partial charge in [-0.25, -0.2) is 4.79 Å². The number of benzene rings is 1. The number of carbonyl (C=O) groups excluding carboxylic acids is 1. The van der Waals surface area contributed by atoms with Crippen LogP contribution in [0.15, 0.2) is 24.3 Å². The molecule has 0 bridgehead atoms. The third-order valence-corrected chi connectivity index (χ3v) is 2.96. The maximum absolute atomic E-state index is 11.9. The Hall–Kier alpha value is -2.61. The lowest BCUT2D eigenvalue weighted by Gasteiger charge is -2.12. The maximum atomic E-state index is 11.9. The highest BCUT2D eigenvalue weighted by Crippen LogP contribution is 2.14. The Morgan fingerprint density at radius 3 is 2.74 bits per heavy atom. The normalized spacial score (nSPS) is 10.1. The lowest BCUT2D eigenvalue weighted by molar-refractivity contribution is 0.251. The molecule has 0 radical (unpaired) electrons. The number of amides is 2. The number of urea groups is 1. The van der Waals surface area contributed by atoms with E-state index in [1.54, 1.807) is 43.3 Å². The van der Waals surface area contributed by atoms with Crippen molar-refractivity contribution in [2.24, 2.45) is 0 Å². The molecule has 2 rings (SSSR count). The Balaban J connectivity index is 1.99. The predicted molar refractivity (Wildman–Crippen MR) is 88.0 cm³/mol. The molecule has 122 valence electrons. The highest BCUT2D eigenvalue weighted by molar-refractivity contribution is 6.30. The minimum Gasteiger partial charge on any atom is -0.467 e. The van der Waals surface area contributed by atoms with Crippen molar-refractivity contribution in [2.45, 2.75) is 6.54 Å². The van der Waals surface area contributed by atoms with Crippen LogP contribution in [-0.2, 0) is 6.54 Å². The van der Waals surface area contributed by atoms with Gasteiger partial charge < -0.3 is 20.3 Å². The van der Waals surface area contributed by atoms with E-state index < -0.39 is 6.03 Å². The van der Waals surface area contributed by atoms with E-state index in [4.69, 9.17) is 16.3 Å². The number of aromatic nitrogens is 3. The molecule has 2 amide bonds. The van der Waals surface area contributed by atoms with Crippen molar-refractivity contribution in [2.75, 3.05) is 31.4 Å². The summed E-state index contributed by atoms with van der Waals surface area (Å²) in [5.74, 6) is 0.839. The van der Waals surface area contributed by atoms with Crippen LogP contribution in [0.4, 0.5) is 16.4 Å². The van der Waals surface area contributed by atoms with Gasteiger partial charge >= 0.3 is 12.0 Å². The molecule has 0 fully saturated rings. The summed E-state index contributed by atoms with van der Waals surface area (Å²) in [7, 11) is 5.08. The van der Waals surface area contributed by atoms with Crippen LogP contribution in [0.1, 0.15) is 5.82 Å². The molecule has 2 aromatic rings. The van der Waals surface area contributed by atoms with Gasteiger partial charge in [0.15, 0.2) is 5.82 Å². The summed E-state index contributed by atoms with van der Waals surface area (Å²) in [6, 6.07) is 6.66. The van der Waals surface area contributed by atoms with Crippen molar-refractivity contribution in [3.63, 3.8) is 0 Å². The number of carbonyl (C=O) groups is 1. The van der Waals surface area contributed by atoms with Crippen LogP contribution in [0.5, 0.6) is 6.01 Å². The molecule has 9 heteroatoms. The third kappa shape index (κ3) is 4.96. The number of ether oxygens (including phenoxy) is 1. The van der Waals surface area contributed by atoms with E-state index in [-0.39, 0.29) is 12.6 Å². The van der Waals surface area contributed by atoms with Gasteiger partial charge in [-0.1, -0.05) is 17.7 Å². The molecule has 2 N–H and O–H groups in total. The number of hydrogen-bond donors (Lipinski definition) is 2. The number of rotatable bonds is 5. The topological polar surface area (TPSA) is 92.3 Å². The number of anilines is 2. The summed E-state index contributed by atoms with van der Waals surface area (Å²) in [6.45, 7) is 0.131. The van der Waals surface area contributed by atoms with E-state index in [2.05, 4.69) is 25.6 Å². The standard InChI is InChI=1S/C14H17ClN6O2/c1-21(2)12-18-11(19-14(20-12)23-3)8-16-13(22)17-10-6-4-5-9(15)7-10/h4-7H,8H2,1-3H3,(H2,16,17,22). The predicted octanol–water partition coefficient (Wildman–Crippen LogP) is 1.92. The average molecular weight is 337 g/mol. The first kappa shape index (κ1) is 16.8. The lowest BCUT2D eigenvalue weighted by atomic mass is 10.3. The molecule has 1 aromatic carbocycles. The van der Waals surface area contributed by atoms with Crippen LogP contribution in [0.3, 0.4) is 0 Å². The molecule has 0 aliphatic heterocycles. The van der Waals surface area contributed by atoms with Crippen molar-refractivity contribution in [3.8, 4) is 6.01 Å². The van der Waals surface area contributed by atoms with Gasteiger partial charge in [-0.05, 0) is 18.2 Å². The van der Waals surface area contributed by atoms with E-state index in [1.165, 1.54) is 7.11 Å². The second-order valence-corrected chi connectivity index (χ2v) is 5.19. The largest absolute Gasteiger partial charge is 0.467 e. The van der Waals surface area contributed by atoms with Gasteiger partial charge in [0, 0.05) is 24.8 Å². The molecule has 1 aromatic heterocycles. The summed E-state index contributed by atoms with van der Waals surface area (Å²) >= 11 is 5.86. The Labute approximate surface area is 138 Å². The van der Waals surface area contributed by atoms with E-state index in [0.29, 0.717) is 22.5 Å². The Morgan fingerprint density at radius 2 is 2.09 bits per heavy atom. The van der Waals surface area contributed by atoms with Crippen LogP contribution in [0, 0.1) is 0 Å². The summed E-state index contributed by atoms with van der Waals surface area (Å²) in [5, 5.41) is 5.88. The Bertz CT molecular complexity index is 695. The molecule has 0 saturated carbocycles. The molecule has 0 atom stereocenters. The van der Waals surface area contributed by atoms with E-state index in [9.17, 15) is 4.79 Å². The highest BCUT2D eigenvalue weighted by atomic mass is 35.5. The number of nitrogens with one attached hydrogen (secondary N) is 2. The monoisotopic (exact) mass is 336 g/mol. The van der Waals surface area contributed by atoms with Crippen molar-refractivity contribution in [1.82, 2.24) is 20.3 Å². The number of hydrogen-bond acceptors (Lipinski definition) is 6. The fraction of sp³-hybridized carbons (Fsp3) is 0.286. The van der Waals surface area contributed by atoms with E-state index in [1.807, 2.05) is 0 Å². The van der Waals surface area contributed by atoms with E-state index >= 15 is 0 Å². The summed E-state index contributed by atoms with van der Waals surface area (Å²) in [5.41, 5.74) is 0.595. The minimum atomic E-state index is -0.391. The minimum absolute atomic E-state index is 0.131. The zero-order valence-electron chi connectivity index (χ0n) is 13.0. The fourth-order valence-corrected chi connectivity index (χ4v) is 1.85.